The Morgan fingerprint density at radius 3 is 2.79 bits per heavy atom. The number of imidazole rings is 1. The number of rotatable bonds is 3. The molecule has 0 radical (unpaired) electrons. The van der Waals surface area contributed by atoms with Crippen molar-refractivity contribution >= 4 is 15.9 Å². The molecule has 2 rings (SSSR count). The van der Waals surface area contributed by atoms with Crippen LogP contribution in [0.2, 0.25) is 0 Å². The highest BCUT2D eigenvalue weighted by molar-refractivity contribution is 9.10. The molecule has 1 saturated carbocycles. The second-order valence-electron chi connectivity index (χ2n) is 3.91. The van der Waals surface area contributed by atoms with Crippen LogP contribution >= 0.6 is 15.9 Å². The highest BCUT2D eigenvalue weighted by atomic mass is 79.9. The van der Waals surface area contributed by atoms with E-state index in [1.165, 1.54) is 37.1 Å². The zero-order chi connectivity index (χ0) is 9.97. The van der Waals surface area contributed by atoms with Crippen molar-refractivity contribution in [1.82, 2.24) is 9.97 Å². The fourth-order valence-electron chi connectivity index (χ4n) is 2.26. The van der Waals surface area contributed by atoms with Crippen molar-refractivity contribution in [1.29, 1.82) is 0 Å². The lowest BCUT2D eigenvalue weighted by Crippen LogP contribution is -2.06. The number of nitrogens with one attached hydrogen (secondary N) is 1. The van der Waals surface area contributed by atoms with Gasteiger partial charge in [-0.2, -0.15) is 0 Å². The minimum atomic E-state index is 0.666. The number of hydrogen-bond donors (Lipinski definition) is 2. The van der Waals surface area contributed by atoms with E-state index in [4.69, 9.17) is 5.73 Å². The molecular formula is C10H16BrN3. The fraction of sp³-hybridized carbons (Fsp3) is 0.700. The van der Waals surface area contributed by atoms with Crippen molar-refractivity contribution < 1.29 is 0 Å². The Bertz CT molecular complexity index is 302. The molecule has 1 aliphatic carbocycles. The minimum Gasteiger partial charge on any atom is -0.336 e. The van der Waals surface area contributed by atoms with Gasteiger partial charge in [-0.25, -0.2) is 4.98 Å². The molecule has 1 aromatic heterocycles. The molecule has 1 aromatic rings. The van der Waals surface area contributed by atoms with Gasteiger partial charge in [0, 0.05) is 18.0 Å². The molecule has 0 aromatic carbocycles. The molecule has 1 aliphatic rings. The Morgan fingerprint density at radius 1 is 1.43 bits per heavy atom. The summed E-state index contributed by atoms with van der Waals surface area (Å²) in [6.45, 7) is 0.689. The lowest BCUT2D eigenvalue weighted by atomic mass is 10.0. The molecule has 14 heavy (non-hydrogen) atoms. The highest BCUT2D eigenvalue weighted by Gasteiger charge is 2.22. The number of aromatic nitrogens is 2. The Balaban J connectivity index is 2.21. The van der Waals surface area contributed by atoms with E-state index in [-0.39, 0.29) is 0 Å². The first-order valence-electron chi connectivity index (χ1n) is 5.25. The predicted molar refractivity (Wildman–Crippen MR) is 60.3 cm³/mol. The Morgan fingerprint density at radius 2 is 2.14 bits per heavy atom. The number of H-pyrrole nitrogens is 1. The third kappa shape index (κ3) is 2.01. The topological polar surface area (TPSA) is 54.7 Å². The molecule has 0 amide bonds. The summed E-state index contributed by atoms with van der Waals surface area (Å²) in [6.07, 6.45) is 6.17. The van der Waals surface area contributed by atoms with Gasteiger partial charge >= 0.3 is 0 Å². The Kier molecular flexibility index (Phi) is 3.23. The van der Waals surface area contributed by atoms with Crippen molar-refractivity contribution in [3.8, 4) is 0 Å². The number of aromatic amines is 1. The van der Waals surface area contributed by atoms with E-state index in [2.05, 4.69) is 25.9 Å². The largest absolute Gasteiger partial charge is 0.336 e. The second kappa shape index (κ2) is 4.45. The number of hydrogen-bond acceptors (Lipinski definition) is 2. The van der Waals surface area contributed by atoms with Gasteiger partial charge in [-0.15, -0.1) is 0 Å². The van der Waals surface area contributed by atoms with Crippen molar-refractivity contribution in [2.45, 2.75) is 38.0 Å². The summed E-state index contributed by atoms with van der Waals surface area (Å²) < 4.78 is 0.850. The Labute approximate surface area is 92.6 Å². The van der Waals surface area contributed by atoms with Gasteiger partial charge < -0.3 is 10.7 Å². The van der Waals surface area contributed by atoms with Crippen molar-refractivity contribution in [2.75, 3.05) is 6.54 Å². The minimum absolute atomic E-state index is 0.666. The van der Waals surface area contributed by atoms with Gasteiger partial charge in [-0.05, 0) is 35.3 Å². The normalized spacial score (nSPS) is 17.9. The van der Waals surface area contributed by atoms with Gasteiger partial charge in [0.25, 0.3) is 0 Å². The molecule has 4 heteroatoms. The maximum Gasteiger partial charge on any atom is 0.174 e. The van der Waals surface area contributed by atoms with Crippen LogP contribution in [0.4, 0.5) is 0 Å². The molecular weight excluding hydrogens is 242 g/mol. The molecule has 0 saturated heterocycles. The first-order chi connectivity index (χ1) is 6.81. The molecule has 1 fully saturated rings. The molecule has 0 bridgehead atoms. The van der Waals surface area contributed by atoms with Crippen LogP contribution in [0.1, 0.15) is 43.0 Å². The quantitative estimate of drug-likeness (QED) is 0.874. The fourth-order valence-corrected chi connectivity index (χ4v) is 2.69. The molecule has 0 atom stereocenters. The molecule has 0 aliphatic heterocycles. The van der Waals surface area contributed by atoms with E-state index in [0.29, 0.717) is 12.5 Å². The van der Waals surface area contributed by atoms with E-state index < -0.39 is 0 Å². The van der Waals surface area contributed by atoms with Crippen LogP contribution in [-0.2, 0) is 6.42 Å². The van der Waals surface area contributed by atoms with E-state index in [0.717, 1.165) is 11.2 Å². The van der Waals surface area contributed by atoms with Gasteiger partial charge in [-0.1, -0.05) is 12.8 Å². The zero-order valence-electron chi connectivity index (χ0n) is 8.22. The van der Waals surface area contributed by atoms with Crippen LogP contribution in [0.15, 0.2) is 4.73 Å². The van der Waals surface area contributed by atoms with Crippen molar-refractivity contribution in [3.05, 3.63) is 16.1 Å². The lowest BCUT2D eigenvalue weighted by Gasteiger charge is -2.07. The van der Waals surface area contributed by atoms with Crippen LogP contribution in [-0.4, -0.2) is 16.5 Å². The lowest BCUT2D eigenvalue weighted by molar-refractivity contribution is 0.688. The van der Waals surface area contributed by atoms with E-state index >= 15 is 0 Å². The average molecular weight is 258 g/mol. The van der Waals surface area contributed by atoms with Gasteiger partial charge in [0.1, 0.15) is 0 Å². The highest BCUT2D eigenvalue weighted by Crippen LogP contribution is 2.35. The summed E-state index contributed by atoms with van der Waals surface area (Å²) >= 11 is 3.39. The maximum atomic E-state index is 5.57. The summed E-state index contributed by atoms with van der Waals surface area (Å²) in [6, 6.07) is 0. The van der Waals surface area contributed by atoms with Crippen LogP contribution in [0.5, 0.6) is 0 Å². The third-order valence-electron chi connectivity index (χ3n) is 2.92. The van der Waals surface area contributed by atoms with E-state index in [1.807, 2.05) is 0 Å². The van der Waals surface area contributed by atoms with Crippen LogP contribution in [0.3, 0.4) is 0 Å². The monoisotopic (exact) mass is 257 g/mol. The molecule has 3 nitrogen and oxygen atoms in total. The van der Waals surface area contributed by atoms with Crippen LogP contribution in [0, 0.1) is 0 Å². The van der Waals surface area contributed by atoms with Crippen LogP contribution < -0.4 is 5.73 Å². The number of halogens is 1. The summed E-state index contributed by atoms with van der Waals surface area (Å²) in [7, 11) is 0. The summed E-state index contributed by atoms with van der Waals surface area (Å²) in [5.74, 6) is 0.666. The molecule has 0 unspecified atom stereocenters. The van der Waals surface area contributed by atoms with Gasteiger partial charge in [-0.3, -0.25) is 0 Å². The van der Waals surface area contributed by atoms with Crippen LogP contribution in [0.25, 0.3) is 0 Å². The van der Waals surface area contributed by atoms with Gasteiger partial charge in [0.15, 0.2) is 4.73 Å². The Hall–Kier alpha value is -0.350. The first kappa shape index (κ1) is 10.2. The maximum absolute atomic E-state index is 5.57. The van der Waals surface area contributed by atoms with Gasteiger partial charge in [0.05, 0.1) is 5.69 Å². The van der Waals surface area contributed by atoms with E-state index in [9.17, 15) is 0 Å². The number of nitrogens with two attached hydrogens (primary N) is 1. The van der Waals surface area contributed by atoms with E-state index in [1.54, 1.807) is 0 Å². The zero-order valence-corrected chi connectivity index (χ0v) is 9.81. The summed E-state index contributed by atoms with van der Waals surface area (Å²) in [4.78, 5) is 7.76. The smallest absolute Gasteiger partial charge is 0.174 e. The average Bonchev–Trinajstić information content (AvgIpc) is 2.74. The van der Waals surface area contributed by atoms with Crippen molar-refractivity contribution in [3.63, 3.8) is 0 Å². The molecule has 1 heterocycles. The third-order valence-corrected chi connectivity index (χ3v) is 3.29. The predicted octanol–water partition coefficient (Wildman–Crippen LogP) is 2.33. The van der Waals surface area contributed by atoms with Crippen molar-refractivity contribution in [2.24, 2.45) is 5.73 Å². The summed E-state index contributed by atoms with van der Waals surface area (Å²) in [5, 5.41) is 0. The molecule has 0 spiro atoms. The molecule has 78 valence electrons. The molecule has 3 N–H and O–H groups in total. The SMILES string of the molecule is NCCc1[nH]c(Br)nc1C1CCCC1. The summed E-state index contributed by atoms with van der Waals surface area (Å²) in [5.41, 5.74) is 8.05. The standard InChI is InChI=1S/C10H16BrN3/c11-10-13-8(5-6-12)9(14-10)7-3-1-2-4-7/h7H,1-6,12H2,(H,13,14). The first-order valence-corrected chi connectivity index (χ1v) is 6.05. The number of nitrogens with zero attached hydrogens (tertiary/aromatic N) is 1. The second-order valence-corrected chi connectivity index (χ2v) is 4.66. The van der Waals surface area contributed by atoms with Gasteiger partial charge in [0.2, 0.25) is 0 Å².